The molecule has 19 heavy (non-hydrogen) atoms. The molecule has 3 rings (SSSR count). The third-order valence-electron chi connectivity index (χ3n) is 3.21. The molecule has 0 amide bonds. The Balaban J connectivity index is 2.04. The Morgan fingerprint density at radius 2 is 1.95 bits per heavy atom. The molecule has 1 unspecified atom stereocenters. The van der Waals surface area contributed by atoms with Crippen molar-refractivity contribution in [1.29, 1.82) is 0 Å². The SMILES string of the molecule is Cc1ccc2oc(C(N)c3cccc(Cl)c3)cc2c1. The molecule has 3 aromatic rings. The Morgan fingerprint density at radius 1 is 1.11 bits per heavy atom. The van der Waals surface area contributed by atoms with E-state index in [0.717, 1.165) is 22.3 Å². The fraction of sp³-hybridized carbons (Fsp3) is 0.125. The van der Waals surface area contributed by atoms with E-state index in [1.165, 1.54) is 5.56 Å². The van der Waals surface area contributed by atoms with Crippen molar-refractivity contribution in [3.63, 3.8) is 0 Å². The van der Waals surface area contributed by atoms with Crippen LogP contribution in [-0.2, 0) is 0 Å². The Bertz CT molecular complexity index is 732. The van der Waals surface area contributed by atoms with Gasteiger partial charge in [0.05, 0.1) is 6.04 Å². The van der Waals surface area contributed by atoms with E-state index >= 15 is 0 Å². The number of fused-ring (bicyclic) bond motifs is 1. The van der Waals surface area contributed by atoms with Gasteiger partial charge in [0.15, 0.2) is 0 Å². The van der Waals surface area contributed by atoms with Gasteiger partial charge in [-0.3, -0.25) is 0 Å². The first-order chi connectivity index (χ1) is 9.13. The maximum atomic E-state index is 6.23. The Hall–Kier alpha value is -1.77. The molecule has 2 nitrogen and oxygen atoms in total. The summed E-state index contributed by atoms with van der Waals surface area (Å²) in [5.41, 5.74) is 9.25. The van der Waals surface area contributed by atoms with E-state index < -0.39 is 0 Å². The fourth-order valence-corrected chi connectivity index (χ4v) is 2.40. The Kier molecular flexibility index (Phi) is 3.05. The van der Waals surface area contributed by atoms with Gasteiger partial charge in [0.2, 0.25) is 0 Å². The predicted octanol–water partition coefficient (Wildman–Crippen LogP) is 4.44. The second-order valence-corrected chi connectivity index (χ2v) is 5.16. The molecule has 1 atom stereocenters. The average Bonchev–Trinajstić information content (AvgIpc) is 2.80. The van der Waals surface area contributed by atoms with Crippen LogP contribution in [0.15, 0.2) is 52.9 Å². The maximum absolute atomic E-state index is 6.23. The van der Waals surface area contributed by atoms with Gasteiger partial charge in [-0.15, -0.1) is 0 Å². The van der Waals surface area contributed by atoms with Crippen LogP contribution in [0.25, 0.3) is 11.0 Å². The van der Waals surface area contributed by atoms with E-state index in [9.17, 15) is 0 Å². The zero-order valence-corrected chi connectivity index (χ0v) is 11.3. The minimum atomic E-state index is -0.300. The highest BCUT2D eigenvalue weighted by Crippen LogP contribution is 2.28. The minimum Gasteiger partial charge on any atom is -0.459 e. The van der Waals surface area contributed by atoms with Crippen LogP contribution < -0.4 is 5.73 Å². The lowest BCUT2D eigenvalue weighted by Crippen LogP contribution is -2.10. The first-order valence-electron chi connectivity index (χ1n) is 6.14. The van der Waals surface area contributed by atoms with Crippen LogP contribution in [0, 0.1) is 6.92 Å². The molecule has 2 N–H and O–H groups in total. The summed E-state index contributed by atoms with van der Waals surface area (Å²) in [4.78, 5) is 0. The molecule has 1 heterocycles. The van der Waals surface area contributed by atoms with E-state index in [4.69, 9.17) is 21.8 Å². The predicted molar refractivity (Wildman–Crippen MR) is 78.4 cm³/mol. The summed E-state index contributed by atoms with van der Waals surface area (Å²) in [7, 11) is 0. The van der Waals surface area contributed by atoms with E-state index in [1.807, 2.05) is 42.5 Å². The van der Waals surface area contributed by atoms with Gasteiger partial charge < -0.3 is 10.2 Å². The highest BCUT2D eigenvalue weighted by Gasteiger charge is 2.14. The summed E-state index contributed by atoms with van der Waals surface area (Å²) in [5, 5.41) is 1.76. The van der Waals surface area contributed by atoms with Gasteiger partial charge in [0.1, 0.15) is 11.3 Å². The molecular weight excluding hydrogens is 258 g/mol. The molecule has 0 spiro atoms. The van der Waals surface area contributed by atoms with Crippen LogP contribution in [0.4, 0.5) is 0 Å². The zero-order valence-electron chi connectivity index (χ0n) is 10.6. The van der Waals surface area contributed by atoms with Crippen molar-refractivity contribution in [2.75, 3.05) is 0 Å². The summed E-state index contributed by atoms with van der Waals surface area (Å²) in [6.45, 7) is 2.06. The summed E-state index contributed by atoms with van der Waals surface area (Å²) in [5.74, 6) is 0.753. The lowest BCUT2D eigenvalue weighted by Gasteiger charge is -2.08. The number of nitrogens with two attached hydrogens (primary N) is 1. The molecule has 2 aromatic carbocycles. The van der Waals surface area contributed by atoms with Crippen LogP contribution >= 0.6 is 11.6 Å². The molecular formula is C16H14ClNO. The summed E-state index contributed by atoms with van der Waals surface area (Å²) in [6, 6.07) is 15.3. The molecule has 0 bridgehead atoms. The van der Waals surface area contributed by atoms with Crippen molar-refractivity contribution >= 4 is 22.6 Å². The van der Waals surface area contributed by atoms with Crippen LogP contribution in [0.1, 0.15) is 22.9 Å². The zero-order chi connectivity index (χ0) is 13.4. The second kappa shape index (κ2) is 4.72. The number of furan rings is 1. The highest BCUT2D eigenvalue weighted by atomic mass is 35.5. The number of hydrogen-bond acceptors (Lipinski definition) is 2. The normalized spacial score (nSPS) is 12.8. The minimum absolute atomic E-state index is 0.300. The van der Waals surface area contributed by atoms with Crippen molar-refractivity contribution in [2.24, 2.45) is 5.73 Å². The van der Waals surface area contributed by atoms with Gasteiger partial charge in [-0.25, -0.2) is 0 Å². The number of benzene rings is 2. The summed E-state index contributed by atoms with van der Waals surface area (Å²) >= 11 is 5.99. The first-order valence-corrected chi connectivity index (χ1v) is 6.52. The smallest absolute Gasteiger partial charge is 0.134 e. The number of rotatable bonds is 2. The lowest BCUT2D eigenvalue weighted by molar-refractivity contribution is 0.525. The summed E-state index contributed by atoms with van der Waals surface area (Å²) in [6.07, 6.45) is 0. The summed E-state index contributed by atoms with van der Waals surface area (Å²) < 4.78 is 5.81. The van der Waals surface area contributed by atoms with Gasteiger partial charge in [0.25, 0.3) is 0 Å². The number of hydrogen-bond donors (Lipinski definition) is 1. The van der Waals surface area contributed by atoms with Gasteiger partial charge in [0, 0.05) is 10.4 Å². The van der Waals surface area contributed by atoms with Crippen LogP contribution in [0.3, 0.4) is 0 Å². The monoisotopic (exact) mass is 271 g/mol. The van der Waals surface area contributed by atoms with Crippen molar-refractivity contribution < 1.29 is 4.42 Å². The number of aryl methyl sites for hydroxylation is 1. The van der Waals surface area contributed by atoms with Crippen molar-refractivity contribution in [3.05, 3.63) is 70.4 Å². The van der Waals surface area contributed by atoms with Gasteiger partial charge in [-0.1, -0.05) is 35.4 Å². The molecule has 0 aliphatic heterocycles. The maximum Gasteiger partial charge on any atom is 0.134 e. The van der Waals surface area contributed by atoms with E-state index in [0.29, 0.717) is 5.02 Å². The standard InChI is InChI=1S/C16H14ClNO/c1-10-5-6-14-12(7-10)9-15(19-14)16(18)11-3-2-4-13(17)8-11/h2-9,16H,18H2,1H3. The first kappa shape index (κ1) is 12.3. The third kappa shape index (κ3) is 2.37. The molecule has 0 saturated carbocycles. The van der Waals surface area contributed by atoms with Gasteiger partial charge >= 0.3 is 0 Å². The van der Waals surface area contributed by atoms with Crippen LogP contribution in [0.2, 0.25) is 5.02 Å². The molecule has 0 aliphatic carbocycles. The third-order valence-corrected chi connectivity index (χ3v) is 3.44. The van der Waals surface area contributed by atoms with Crippen LogP contribution in [-0.4, -0.2) is 0 Å². The molecule has 0 fully saturated rings. The molecule has 3 heteroatoms. The molecule has 96 valence electrons. The molecule has 0 saturated heterocycles. The lowest BCUT2D eigenvalue weighted by atomic mass is 10.1. The van der Waals surface area contributed by atoms with E-state index in [1.54, 1.807) is 0 Å². The van der Waals surface area contributed by atoms with Crippen molar-refractivity contribution in [1.82, 2.24) is 0 Å². The van der Waals surface area contributed by atoms with Crippen molar-refractivity contribution in [2.45, 2.75) is 13.0 Å². The van der Waals surface area contributed by atoms with Gasteiger partial charge in [-0.2, -0.15) is 0 Å². The number of halogens is 1. The Labute approximate surface area is 116 Å². The van der Waals surface area contributed by atoms with Gasteiger partial charge in [-0.05, 0) is 42.8 Å². The van der Waals surface area contributed by atoms with E-state index in [-0.39, 0.29) is 6.04 Å². The molecule has 1 aromatic heterocycles. The Morgan fingerprint density at radius 3 is 2.74 bits per heavy atom. The van der Waals surface area contributed by atoms with E-state index in [2.05, 4.69) is 13.0 Å². The fourth-order valence-electron chi connectivity index (χ4n) is 2.20. The highest BCUT2D eigenvalue weighted by molar-refractivity contribution is 6.30. The molecule has 0 aliphatic rings. The molecule has 0 radical (unpaired) electrons. The quantitative estimate of drug-likeness (QED) is 0.748. The second-order valence-electron chi connectivity index (χ2n) is 4.72. The topological polar surface area (TPSA) is 39.2 Å². The average molecular weight is 272 g/mol. The van der Waals surface area contributed by atoms with Crippen molar-refractivity contribution in [3.8, 4) is 0 Å². The largest absolute Gasteiger partial charge is 0.459 e. The van der Waals surface area contributed by atoms with Crippen LogP contribution in [0.5, 0.6) is 0 Å².